The van der Waals surface area contributed by atoms with Gasteiger partial charge in [0.2, 0.25) is 0 Å². The van der Waals surface area contributed by atoms with E-state index in [4.69, 9.17) is 0 Å². The summed E-state index contributed by atoms with van der Waals surface area (Å²) in [5, 5.41) is 0. The minimum atomic E-state index is 0.503. The number of rotatable bonds is 0. The highest BCUT2D eigenvalue weighted by Crippen LogP contribution is 2.33. The smallest absolute Gasteiger partial charge is 0.0645 e. The highest BCUT2D eigenvalue weighted by atomic mass is 15.2. The summed E-state index contributed by atoms with van der Waals surface area (Å²) in [4.78, 5) is 6.44. The third-order valence-electron chi connectivity index (χ3n) is 2.95. The van der Waals surface area contributed by atoms with Gasteiger partial charge in [0, 0.05) is 37.2 Å². The largest absolute Gasteiger partial charge is 0.345 e. The predicted molar refractivity (Wildman–Crippen MR) is 57.7 cm³/mol. The third kappa shape index (κ3) is 1.07. The normalized spacial score (nSPS) is 34.9. The van der Waals surface area contributed by atoms with E-state index >= 15 is 0 Å². The van der Waals surface area contributed by atoms with Crippen molar-refractivity contribution in [2.75, 3.05) is 0 Å². The van der Waals surface area contributed by atoms with Crippen molar-refractivity contribution in [2.24, 2.45) is 10.9 Å². The van der Waals surface area contributed by atoms with Crippen molar-refractivity contribution >= 4 is 6.21 Å². The highest BCUT2D eigenvalue weighted by molar-refractivity contribution is 5.64. The molecule has 0 aromatic carbocycles. The van der Waals surface area contributed by atoms with Crippen LogP contribution in [0.25, 0.3) is 0 Å². The van der Waals surface area contributed by atoms with E-state index in [1.54, 1.807) is 0 Å². The van der Waals surface area contributed by atoms with Gasteiger partial charge < -0.3 is 4.90 Å². The molecule has 2 heteroatoms. The second kappa shape index (κ2) is 2.98. The summed E-state index contributed by atoms with van der Waals surface area (Å²) in [5.41, 5.74) is 1.45. The molecule has 1 aliphatic carbocycles. The van der Waals surface area contributed by atoms with Gasteiger partial charge in [0.1, 0.15) is 0 Å². The molecule has 70 valence electrons. The fourth-order valence-corrected chi connectivity index (χ4v) is 2.28. The van der Waals surface area contributed by atoms with E-state index in [0.29, 0.717) is 12.0 Å². The summed E-state index contributed by atoms with van der Waals surface area (Å²) in [6.07, 6.45) is 17.9. The van der Waals surface area contributed by atoms with Crippen LogP contribution in [-0.2, 0) is 0 Å². The number of hydrogen-bond donors (Lipinski definition) is 0. The standard InChI is InChI=1S/C12H12N2/c1-2-10-4-6-13-7-9-14-8-5-11(3-1)12(10)14/h1-3,5-9,11-12H,4H2/b9-7-,13-6?. The van der Waals surface area contributed by atoms with E-state index in [1.165, 1.54) is 5.57 Å². The van der Waals surface area contributed by atoms with E-state index < -0.39 is 0 Å². The molecular weight excluding hydrogens is 172 g/mol. The molecule has 2 atom stereocenters. The Morgan fingerprint density at radius 3 is 3.29 bits per heavy atom. The molecule has 3 aliphatic rings. The Hall–Kier alpha value is -1.57. The monoisotopic (exact) mass is 184 g/mol. The van der Waals surface area contributed by atoms with Gasteiger partial charge in [0.25, 0.3) is 0 Å². The predicted octanol–water partition coefficient (Wildman–Crippen LogP) is 2.24. The van der Waals surface area contributed by atoms with Crippen LogP contribution in [0.3, 0.4) is 0 Å². The molecule has 3 rings (SSSR count). The zero-order valence-electron chi connectivity index (χ0n) is 7.88. The van der Waals surface area contributed by atoms with E-state index in [0.717, 1.165) is 6.42 Å². The molecule has 0 saturated heterocycles. The molecule has 2 unspecified atom stereocenters. The lowest BCUT2D eigenvalue weighted by molar-refractivity contribution is 0.395. The van der Waals surface area contributed by atoms with Crippen LogP contribution in [0.5, 0.6) is 0 Å². The van der Waals surface area contributed by atoms with Gasteiger partial charge in [-0.1, -0.05) is 24.3 Å². The summed E-state index contributed by atoms with van der Waals surface area (Å²) in [5.74, 6) is 0.547. The lowest BCUT2D eigenvalue weighted by Crippen LogP contribution is -2.31. The topological polar surface area (TPSA) is 15.6 Å². The first-order valence-electron chi connectivity index (χ1n) is 4.96. The van der Waals surface area contributed by atoms with E-state index in [-0.39, 0.29) is 0 Å². The molecule has 0 spiro atoms. The van der Waals surface area contributed by atoms with Gasteiger partial charge in [0.15, 0.2) is 0 Å². The minimum absolute atomic E-state index is 0.503. The first-order chi connectivity index (χ1) is 6.95. The van der Waals surface area contributed by atoms with Crippen LogP contribution in [-0.4, -0.2) is 17.2 Å². The first-order valence-corrected chi connectivity index (χ1v) is 4.96. The molecule has 0 saturated carbocycles. The van der Waals surface area contributed by atoms with Crippen LogP contribution in [0, 0.1) is 5.92 Å². The Labute approximate surface area is 83.6 Å². The summed E-state index contributed by atoms with van der Waals surface area (Å²) >= 11 is 0. The van der Waals surface area contributed by atoms with Gasteiger partial charge in [0.05, 0.1) is 6.04 Å². The quantitative estimate of drug-likeness (QED) is 0.563. The maximum absolute atomic E-state index is 4.19. The van der Waals surface area contributed by atoms with Gasteiger partial charge in [-0.15, -0.1) is 0 Å². The Morgan fingerprint density at radius 1 is 1.29 bits per heavy atom. The van der Waals surface area contributed by atoms with E-state index in [2.05, 4.69) is 40.4 Å². The minimum Gasteiger partial charge on any atom is -0.345 e. The molecule has 0 amide bonds. The Bertz CT molecular complexity index is 385. The summed E-state index contributed by atoms with van der Waals surface area (Å²) in [6.45, 7) is 0. The highest BCUT2D eigenvalue weighted by Gasteiger charge is 2.30. The van der Waals surface area contributed by atoms with Crippen LogP contribution < -0.4 is 0 Å². The Morgan fingerprint density at radius 2 is 2.29 bits per heavy atom. The average Bonchev–Trinajstić information content (AvgIpc) is 2.57. The van der Waals surface area contributed by atoms with Gasteiger partial charge >= 0.3 is 0 Å². The molecule has 2 heterocycles. The molecule has 2 aliphatic heterocycles. The van der Waals surface area contributed by atoms with Crippen molar-refractivity contribution in [3.05, 3.63) is 48.5 Å². The molecule has 14 heavy (non-hydrogen) atoms. The fraction of sp³-hybridized carbons (Fsp3) is 0.250. The molecule has 0 N–H and O–H groups in total. The average molecular weight is 184 g/mol. The Balaban J connectivity index is 2.04. The first kappa shape index (κ1) is 7.80. The Kier molecular flexibility index (Phi) is 1.66. The molecule has 0 aromatic rings. The fourth-order valence-electron chi connectivity index (χ4n) is 2.28. The van der Waals surface area contributed by atoms with E-state index in [9.17, 15) is 0 Å². The van der Waals surface area contributed by atoms with Crippen LogP contribution in [0.4, 0.5) is 0 Å². The second-order valence-electron chi connectivity index (χ2n) is 3.77. The van der Waals surface area contributed by atoms with Crippen molar-refractivity contribution in [1.82, 2.24) is 4.90 Å². The number of aliphatic imine (C=N–C) groups is 1. The van der Waals surface area contributed by atoms with E-state index in [1.807, 2.05) is 18.6 Å². The summed E-state index contributed by atoms with van der Waals surface area (Å²) < 4.78 is 0. The SMILES string of the molecule is C1=CC2C=CN3/C=C\N=CCC(=C1)C23. The molecule has 0 radical (unpaired) electrons. The molecule has 0 aromatic heterocycles. The lowest BCUT2D eigenvalue weighted by Gasteiger charge is -2.30. The number of allylic oxidation sites excluding steroid dienone is 2. The maximum Gasteiger partial charge on any atom is 0.0645 e. The van der Waals surface area contributed by atoms with Gasteiger partial charge in [-0.3, -0.25) is 4.99 Å². The molecule has 2 nitrogen and oxygen atoms in total. The summed E-state index contributed by atoms with van der Waals surface area (Å²) in [6, 6.07) is 0.503. The zero-order chi connectivity index (χ0) is 9.38. The second-order valence-corrected chi connectivity index (χ2v) is 3.77. The van der Waals surface area contributed by atoms with Crippen LogP contribution in [0.15, 0.2) is 53.5 Å². The van der Waals surface area contributed by atoms with Gasteiger partial charge in [-0.25, -0.2) is 0 Å². The number of nitrogens with zero attached hydrogens (tertiary/aromatic N) is 2. The van der Waals surface area contributed by atoms with Crippen molar-refractivity contribution in [1.29, 1.82) is 0 Å². The zero-order valence-corrected chi connectivity index (χ0v) is 7.88. The van der Waals surface area contributed by atoms with Crippen LogP contribution >= 0.6 is 0 Å². The molecule has 0 bridgehead atoms. The maximum atomic E-state index is 4.19. The molecule has 0 fully saturated rings. The van der Waals surface area contributed by atoms with Gasteiger partial charge in [-0.05, 0) is 5.57 Å². The number of hydrogen-bond acceptors (Lipinski definition) is 2. The van der Waals surface area contributed by atoms with Crippen molar-refractivity contribution in [3.8, 4) is 0 Å². The van der Waals surface area contributed by atoms with Gasteiger partial charge in [-0.2, -0.15) is 0 Å². The van der Waals surface area contributed by atoms with Crippen molar-refractivity contribution in [3.63, 3.8) is 0 Å². The lowest BCUT2D eigenvalue weighted by atomic mass is 9.88. The third-order valence-corrected chi connectivity index (χ3v) is 2.95. The molecular formula is C12H12N2. The van der Waals surface area contributed by atoms with Crippen LogP contribution in [0.2, 0.25) is 0 Å². The van der Waals surface area contributed by atoms with Crippen LogP contribution in [0.1, 0.15) is 6.42 Å². The van der Waals surface area contributed by atoms with Crippen molar-refractivity contribution < 1.29 is 0 Å². The van der Waals surface area contributed by atoms with Crippen molar-refractivity contribution in [2.45, 2.75) is 12.5 Å². The summed E-state index contributed by atoms with van der Waals surface area (Å²) in [7, 11) is 0.